The van der Waals surface area contributed by atoms with Gasteiger partial charge >= 0.3 is 0 Å². The molecule has 0 fully saturated rings. The molecule has 1 heterocycles. The molecule has 56 valence electrons. The summed E-state index contributed by atoms with van der Waals surface area (Å²) in [6.45, 7) is 2.21. The maximum Gasteiger partial charge on any atom is 0.0834 e. The molecule has 0 saturated heterocycles. The number of aryl methyl sites for hydroxylation is 1. The van der Waals surface area contributed by atoms with E-state index in [2.05, 4.69) is 51.5 Å². The van der Waals surface area contributed by atoms with Crippen LogP contribution in [-0.4, -0.2) is 0 Å². The SMILES string of the molecule is CCCc1cc(I)c(Br)s1. The highest BCUT2D eigenvalue weighted by Gasteiger charge is 2.01. The van der Waals surface area contributed by atoms with Gasteiger partial charge in [0, 0.05) is 8.45 Å². The van der Waals surface area contributed by atoms with E-state index in [9.17, 15) is 0 Å². The largest absolute Gasteiger partial charge is 0.132 e. The van der Waals surface area contributed by atoms with Gasteiger partial charge in [-0.3, -0.25) is 0 Å². The van der Waals surface area contributed by atoms with Crippen molar-refractivity contribution in [3.8, 4) is 0 Å². The quantitative estimate of drug-likeness (QED) is 0.717. The lowest BCUT2D eigenvalue weighted by Gasteiger charge is -1.86. The van der Waals surface area contributed by atoms with Crippen LogP contribution in [0, 0.1) is 3.57 Å². The van der Waals surface area contributed by atoms with E-state index >= 15 is 0 Å². The summed E-state index contributed by atoms with van der Waals surface area (Å²) in [5, 5.41) is 0. The van der Waals surface area contributed by atoms with Crippen LogP contribution in [0.5, 0.6) is 0 Å². The van der Waals surface area contributed by atoms with Gasteiger partial charge in [-0.25, -0.2) is 0 Å². The van der Waals surface area contributed by atoms with E-state index in [0.29, 0.717) is 0 Å². The monoisotopic (exact) mass is 330 g/mol. The second-order valence-electron chi connectivity index (χ2n) is 2.08. The van der Waals surface area contributed by atoms with Crippen LogP contribution in [0.4, 0.5) is 0 Å². The van der Waals surface area contributed by atoms with Crippen molar-refractivity contribution in [3.05, 3.63) is 18.3 Å². The molecule has 0 radical (unpaired) electrons. The van der Waals surface area contributed by atoms with Crippen LogP contribution in [0.3, 0.4) is 0 Å². The van der Waals surface area contributed by atoms with Crippen molar-refractivity contribution in [3.63, 3.8) is 0 Å². The Balaban J connectivity index is 2.77. The molecule has 0 aliphatic heterocycles. The van der Waals surface area contributed by atoms with Crippen molar-refractivity contribution in [2.24, 2.45) is 0 Å². The van der Waals surface area contributed by atoms with E-state index in [1.54, 1.807) is 0 Å². The Hall–Kier alpha value is 0.910. The van der Waals surface area contributed by atoms with E-state index < -0.39 is 0 Å². The highest BCUT2D eigenvalue weighted by molar-refractivity contribution is 14.1. The molecule has 1 aromatic rings. The third-order valence-corrected chi connectivity index (χ3v) is 5.05. The lowest BCUT2D eigenvalue weighted by Crippen LogP contribution is -1.72. The smallest absolute Gasteiger partial charge is 0.0834 e. The maximum absolute atomic E-state index is 3.50. The zero-order valence-electron chi connectivity index (χ0n) is 5.66. The Morgan fingerprint density at radius 1 is 1.70 bits per heavy atom. The summed E-state index contributed by atoms with van der Waals surface area (Å²) in [7, 11) is 0. The molecule has 1 rings (SSSR count). The Morgan fingerprint density at radius 2 is 2.40 bits per heavy atom. The van der Waals surface area contributed by atoms with Crippen molar-refractivity contribution >= 4 is 49.9 Å². The second kappa shape index (κ2) is 4.07. The van der Waals surface area contributed by atoms with Crippen molar-refractivity contribution in [2.75, 3.05) is 0 Å². The fourth-order valence-electron chi connectivity index (χ4n) is 0.761. The summed E-state index contributed by atoms with van der Waals surface area (Å²) < 4.78 is 2.61. The molecule has 0 aromatic carbocycles. The van der Waals surface area contributed by atoms with Gasteiger partial charge in [-0.1, -0.05) is 13.3 Å². The average molecular weight is 331 g/mol. The summed E-state index contributed by atoms with van der Waals surface area (Å²) in [5.41, 5.74) is 0. The number of thiophene rings is 1. The molecule has 0 bridgehead atoms. The molecular weight excluding hydrogens is 323 g/mol. The molecule has 0 saturated carbocycles. The summed E-state index contributed by atoms with van der Waals surface area (Å²) >= 11 is 7.69. The highest BCUT2D eigenvalue weighted by Crippen LogP contribution is 2.29. The second-order valence-corrected chi connectivity index (χ2v) is 5.70. The number of rotatable bonds is 2. The van der Waals surface area contributed by atoms with Crippen LogP contribution in [-0.2, 0) is 6.42 Å². The Labute approximate surface area is 87.3 Å². The molecular formula is C7H8BrIS. The Bertz CT molecular complexity index is 200. The molecule has 0 aliphatic rings. The minimum atomic E-state index is 1.21. The van der Waals surface area contributed by atoms with Crippen LogP contribution in [0.1, 0.15) is 18.2 Å². The van der Waals surface area contributed by atoms with Crippen molar-refractivity contribution < 1.29 is 0 Å². The van der Waals surface area contributed by atoms with E-state index in [4.69, 9.17) is 0 Å². The number of hydrogen-bond acceptors (Lipinski definition) is 1. The van der Waals surface area contributed by atoms with E-state index in [0.717, 1.165) is 0 Å². The van der Waals surface area contributed by atoms with E-state index in [-0.39, 0.29) is 0 Å². The highest BCUT2D eigenvalue weighted by atomic mass is 127. The first-order chi connectivity index (χ1) is 4.74. The fraction of sp³-hybridized carbons (Fsp3) is 0.429. The first kappa shape index (κ1) is 9.00. The van der Waals surface area contributed by atoms with Crippen LogP contribution < -0.4 is 0 Å². The zero-order chi connectivity index (χ0) is 7.56. The molecule has 10 heavy (non-hydrogen) atoms. The van der Waals surface area contributed by atoms with Gasteiger partial charge < -0.3 is 0 Å². The van der Waals surface area contributed by atoms with Crippen molar-refractivity contribution in [1.29, 1.82) is 0 Å². The minimum Gasteiger partial charge on any atom is -0.132 e. The Morgan fingerprint density at radius 3 is 2.80 bits per heavy atom. The van der Waals surface area contributed by atoms with Gasteiger partial charge in [-0.2, -0.15) is 0 Å². The lowest BCUT2D eigenvalue weighted by molar-refractivity contribution is 0.939. The predicted molar refractivity (Wildman–Crippen MR) is 58.7 cm³/mol. The number of halogens is 2. The van der Waals surface area contributed by atoms with Gasteiger partial charge in [0.1, 0.15) is 0 Å². The van der Waals surface area contributed by atoms with E-state index in [1.165, 1.54) is 25.1 Å². The summed E-state index contributed by atoms with van der Waals surface area (Å²) in [6.07, 6.45) is 2.45. The van der Waals surface area contributed by atoms with Gasteiger partial charge in [-0.15, -0.1) is 11.3 Å². The topological polar surface area (TPSA) is 0 Å². The fourth-order valence-corrected chi connectivity index (χ4v) is 3.29. The molecule has 0 aliphatic carbocycles. The molecule has 0 spiro atoms. The zero-order valence-corrected chi connectivity index (χ0v) is 10.2. The van der Waals surface area contributed by atoms with Crippen LogP contribution in [0.15, 0.2) is 9.85 Å². The lowest BCUT2D eigenvalue weighted by atomic mass is 10.3. The van der Waals surface area contributed by atoms with Crippen LogP contribution in [0.2, 0.25) is 0 Å². The summed E-state index contributed by atoms with van der Waals surface area (Å²) in [5.74, 6) is 0. The number of hydrogen-bond donors (Lipinski definition) is 0. The van der Waals surface area contributed by atoms with E-state index in [1.807, 2.05) is 11.3 Å². The maximum atomic E-state index is 3.50. The molecule has 0 atom stereocenters. The van der Waals surface area contributed by atoms with Crippen molar-refractivity contribution in [2.45, 2.75) is 19.8 Å². The third kappa shape index (κ3) is 2.20. The van der Waals surface area contributed by atoms with Crippen LogP contribution >= 0.6 is 49.9 Å². The Kier molecular flexibility index (Phi) is 3.66. The van der Waals surface area contributed by atoms with Gasteiger partial charge in [0.15, 0.2) is 0 Å². The standard InChI is InChI=1S/C7H8BrIS/c1-2-3-5-4-6(9)7(8)10-5/h4H,2-3H2,1H3. The first-order valence-electron chi connectivity index (χ1n) is 3.17. The third-order valence-electron chi connectivity index (χ3n) is 1.19. The van der Waals surface area contributed by atoms with Gasteiger partial charge in [0.2, 0.25) is 0 Å². The molecule has 0 unspecified atom stereocenters. The first-order valence-corrected chi connectivity index (χ1v) is 5.86. The molecule has 1 aromatic heterocycles. The van der Waals surface area contributed by atoms with Gasteiger partial charge in [0.25, 0.3) is 0 Å². The molecule has 3 heteroatoms. The predicted octanol–water partition coefficient (Wildman–Crippen LogP) is 4.07. The van der Waals surface area contributed by atoms with Crippen molar-refractivity contribution in [1.82, 2.24) is 0 Å². The minimum absolute atomic E-state index is 1.21. The average Bonchev–Trinajstić information content (AvgIpc) is 2.14. The molecule has 0 N–H and O–H groups in total. The summed E-state index contributed by atoms with van der Waals surface area (Å²) in [4.78, 5) is 1.48. The normalized spacial score (nSPS) is 10.3. The van der Waals surface area contributed by atoms with Gasteiger partial charge in [-0.05, 0) is 51.0 Å². The van der Waals surface area contributed by atoms with Gasteiger partial charge in [0.05, 0.1) is 3.79 Å². The molecule has 0 amide bonds. The summed E-state index contributed by atoms with van der Waals surface area (Å²) in [6, 6.07) is 2.25. The molecule has 0 nitrogen and oxygen atoms in total. The van der Waals surface area contributed by atoms with Crippen LogP contribution in [0.25, 0.3) is 0 Å².